The fraction of sp³-hybridized carbons (Fsp3) is 0.480. The summed E-state index contributed by atoms with van der Waals surface area (Å²) in [5.41, 5.74) is 6.68. The van der Waals surface area contributed by atoms with Crippen LogP contribution in [0.15, 0.2) is 48.6 Å². The van der Waals surface area contributed by atoms with Gasteiger partial charge >= 0.3 is 0 Å². The highest BCUT2D eigenvalue weighted by Crippen LogP contribution is 2.40. The van der Waals surface area contributed by atoms with Crippen LogP contribution in [-0.4, -0.2) is 41.1 Å². The number of hydrogen-bond donors (Lipinski definition) is 2. The predicted octanol–water partition coefficient (Wildman–Crippen LogP) is 4.67. The monoisotopic (exact) mass is 406 g/mol. The van der Waals surface area contributed by atoms with Crippen LogP contribution in [-0.2, 0) is 4.79 Å². The van der Waals surface area contributed by atoms with E-state index >= 15 is 0 Å². The van der Waals surface area contributed by atoms with Crippen LogP contribution in [0.25, 0.3) is 10.9 Å². The van der Waals surface area contributed by atoms with Gasteiger partial charge in [0.25, 0.3) is 0 Å². The normalized spacial score (nSPS) is 21.4. The minimum atomic E-state index is -0.995. The number of nitrogens with one attached hydrogen (secondary N) is 1. The molecule has 1 aliphatic rings. The summed E-state index contributed by atoms with van der Waals surface area (Å²) in [6.07, 6.45) is 8.12. The average molecular weight is 407 g/mol. The molecule has 5 heteroatoms. The summed E-state index contributed by atoms with van der Waals surface area (Å²) >= 11 is 0. The Morgan fingerprint density at radius 2 is 1.93 bits per heavy atom. The molecule has 0 spiro atoms. The topological polar surface area (TPSA) is 83.1 Å². The molecule has 0 saturated carbocycles. The number of rotatable bonds is 10. The summed E-state index contributed by atoms with van der Waals surface area (Å²) in [6, 6.07) is 11.9. The van der Waals surface area contributed by atoms with Gasteiger partial charge in [0.2, 0.25) is 0 Å². The Kier molecular flexibility index (Phi) is 7.38. The first-order valence-corrected chi connectivity index (χ1v) is 11.2. The number of Topliss-reactive ketones (excluding diaryl/α,β-unsaturated/α-hetero) is 1. The average Bonchev–Trinajstić information content (AvgIpc) is 2.77. The Balaban J connectivity index is 1.73. The molecule has 2 unspecified atom stereocenters. The number of unbranched alkanes of at least 4 members (excludes halogenated alkanes) is 2. The van der Waals surface area contributed by atoms with E-state index in [1.807, 2.05) is 48.6 Å². The molecule has 0 radical (unpaired) electrons. The summed E-state index contributed by atoms with van der Waals surface area (Å²) in [7, 11) is 0. The molecular formula is C25H34N4O. The van der Waals surface area contributed by atoms with E-state index in [1.165, 1.54) is 0 Å². The first kappa shape index (κ1) is 22.2. The van der Waals surface area contributed by atoms with E-state index in [2.05, 4.69) is 18.7 Å². The minimum absolute atomic E-state index is 0.0176. The summed E-state index contributed by atoms with van der Waals surface area (Å²) in [6.45, 7) is 7.57. The number of pyridine rings is 1. The number of ketones is 1. The standard InChI is InChI=1S/C25H34N4O/c1-3-29(4-2)18-9-5-8-16-25(24(26)27)17-10-12-20(23(25)30)22-15-14-19-11-6-7-13-21(19)28-22/h6-7,10-11,13-15,17,20H,3-5,8-9,12,16,18H2,1-2H3,(H3,26,27). The van der Waals surface area contributed by atoms with Crippen LogP contribution in [0, 0.1) is 10.8 Å². The third kappa shape index (κ3) is 4.62. The molecule has 30 heavy (non-hydrogen) atoms. The third-order valence-corrected chi connectivity index (χ3v) is 6.43. The molecule has 1 aromatic carbocycles. The smallest absolute Gasteiger partial charge is 0.159 e. The predicted molar refractivity (Wildman–Crippen MR) is 124 cm³/mol. The quantitative estimate of drug-likeness (QED) is 0.260. The van der Waals surface area contributed by atoms with Gasteiger partial charge in [-0.05, 0) is 51.0 Å². The van der Waals surface area contributed by atoms with Gasteiger partial charge in [0, 0.05) is 5.39 Å². The summed E-state index contributed by atoms with van der Waals surface area (Å²) in [4.78, 5) is 20.7. The van der Waals surface area contributed by atoms with Crippen LogP contribution < -0.4 is 5.73 Å². The zero-order valence-electron chi connectivity index (χ0n) is 18.2. The van der Waals surface area contributed by atoms with Gasteiger partial charge in [0.15, 0.2) is 5.78 Å². The maximum absolute atomic E-state index is 13.6. The minimum Gasteiger partial charge on any atom is -0.387 e. The van der Waals surface area contributed by atoms with Crippen LogP contribution >= 0.6 is 0 Å². The lowest BCUT2D eigenvalue weighted by molar-refractivity contribution is -0.126. The van der Waals surface area contributed by atoms with Crippen molar-refractivity contribution in [1.82, 2.24) is 9.88 Å². The number of carbonyl (C=O) groups excluding carboxylic acids is 1. The lowest BCUT2D eigenvalue weighted by Crippen LogP contribution is -2.46. The second-order valence-corrected chi connectivity index (χ2v) is 8.21. The number of hydrogen-bond acceptors (Lipinski definition) is 4. The van der Waals surface area contributed by atoms with Gasteiger partial charge in [-0.3, -0.25) is 15.2 Å². The molecule has 0 bridgehead atoms. The molecule has 2 aromatic rings. The molecule has 5 nitrogen and oxygen atoms in total. The van der Waals surface area contributed by atoms with Gasteiger partial charge in [-0.15, -0.1) is 0 Å². The van der Waals surface area contributed by atoms with Crippen molar-refractivity contribution in [3.63, 3.8) is 0 Å². The number of carbonyl (C=O) groups is 1. The van der Waals surface area contributed by atoms with E-state index in [9.17, 15) is 4.79 Å². The Labute approximate surface area is 179 Å². The van der Waals surface area contributed by atoms with Crippen molar-refractivity contribution in [1.29, 1.82) is 5.41 Å². The van der Waals surface area contributed by atoms with E-state index in [0.717, 1.165) is 55.5 Å². The fourth-order valence-electron chi connectivity index (χ4n) is 4.46. The van der Waals surface area contributed by atoms with Gasteiger partial charge in [-0.1, -0.05) is 63.1 Å². The molecule has 0 saturated heterocycles. The maximum atomic E-state index is 13.6. The van der Waals surface area contributed by atoms with E-state index in [1.54, 1.807) is 0 Å². The zero-order valence-corrected chi connectivity index (χ0v) is 18.2. The SMILES string of the molecule is CCN(CC)CCCCCC1(C(=N)N)C=CCC(c2ccc3ccccc3n2)C1=O. The molecule has 0 fully saturated rings. The summed E-state index contributed by atoms with van der Waals surface area (Å²) in [5, 5.41) is 9.30. The van der Waals surface area contributed by atoms with Gasteiger partial charge in [-0.2, -0.15) is 0 Å². The molecule has 3 N–H and O–H groups in total. The number of benzene rings is 1. The number of aromatic nitrogens is 1. The van der Waals surface area contributed by atoms with Crippen molar-refractivity contribution in [3.05, 3.63) is 54.2 Å². The second kappa shape index (κ2) is 9.98. The lowest BCUT2D eigenvalue weighted by Gasteiger charge is -2.34. The van der Waals surface area contributed by atoms with Crippen molar-refractivity contribution in [2.24, 2.45) is 11.1 Å². The number of para-hydroxylation sites is 1. The van der Waals surface area contributed by atoms with Gasteiger partial charge in [-0.25, -0.2) is 0 Å². The van der Waals surface area contributed by atoms with Crippen molar-refractivity contribution < 1.29 is 4.79 Å². The highest BCUT2D eigenvalue weighted by Gasteiger charge is 2.45. The maximum Gasteiger partial charge on any atom is 0.159 e. The number of amidine groups is 1. The molecule has 0 amide bonds. The van der Waals surface area contributed by atoms with Crippen molar-refractivity contribution in [3.8, 4) is 0 Å². The Bertz CT molecular complexity index is 918. The molecule has 1 aromatic heterocycles. The molecule has 1 aliphatic carbocycles. The van der Waals surface area contributed by atoms with Crippen LogP contribution in [0.5, 0.6) is 0 Å². The van der Waals surface area contributed by atoms with E-state index in [-0.39, 0.29) is 17.5 Å². The summed E-state index contributed by atoms with van der Waals surface area (Å²) in [5.74, 6) is -0.374. The largest absolute Gasteiger partial charge is 0.387 e. The molecule has 3 rings (SSSR count). The molecule has 2 atom stereocenters. The second-order valence-electron chi connectivity index (χ2n) is 8.21. The van der Waals surface area contributed by atoms with Crippen LogP contribution in [0.3, 0.4) is 0 Å². The number of nitrogens with two attached hydrogens (primary N) is 1. The van der Waals surface area contributed by atoms with Crippen molar-refractivity contribution in [2.45, 2.75) is 51.9 Å². The third-order valence-electron chi connectivity index (χ3n) is 6.43. The van der Waals surface area contributed by atoms with Gasteiger partial charge in [0.1, 0.15) is 11.3 Å². The van der Waals surface area contributed by atoms with Crippen LogP contribution in [0.2, 0.25) is 0 Å². The number of nitrogens with zero attached hydrogens (tertiary/aromatic N) is 2. The molecule has 0 aliphatic heterocycles. The number of allylic oxidation sites excluding steroid dienone is 1. The van der Waals surface area contributed by atoms with Crippen molar-refractivity contribution in [2.75, 3.05) is 19.6 Å². The zero-order chi connectivity index (χ0) is 21.6. The lowest BCUT2D eigenvalue weighted by atomic mass is 9.68. The Hall–Kier alpha value is -2.53. The van der Waals surface area contributed by atoms with Crippen LogP contribution in [0.4, 0.5) is 0 Å². The number of fused-ring (bicyclic) bond motifs is 1. The van der Waals surface area contributed by atoms with Crippen LogP contribution in [0.1, 0.15) is 57.6 Å². The Morgan fingerprint density at radius 3 is 2.67 bits per heavy atom. The van der Waals surface area contributed by atoms with E-state index in [4.69, 9.17) is 16.1 Å². The van der Waals surface area contributed by atoms with Gasteiger partial charge in [0.05, 0.1) is 17.1 Å². The molecule has 1 heterocycles. The highest BCUT2D eigenvalue weighted by molar-refractivity contribution is 6.11. The molecular weight excluding hydrogens is 372 g/mol. The summed E-state index contributed by atoms with van der Waals surface area (Å²) < 4.78 is 0. The first-order valence-electron chi connectivity index (χ1n) is 11.2. The first-order chi connectivity index (χ1) is 14.5. The highest BCUT2D eigenvalue weighted by atomic mass is 16.1. The van der Waals surface area contributed by atoms with E-state index in [0.29, 0.717) is 12.8 Å². The van der Waals surface area contributed by atoms with E-state index < -0.39 is 5.41 Å². The van der Waals surface area contributed by atoms with Crippen molar-refractivity contribution >= 4 is 22.5 Å². The van der Waals surface area contributed by atoms with Gasteiger partial charge < -0.3 is 10.6 Å². The Morgan fingerprint density at radius 1 is 1.17 bits per heavy atom. The fourth-order valence-corrected chi connectivity index (χ4v) is 4.46. The molecule has 160 valence electrons.